The van der Waals surface area contributed by atoms with Gasteiger partial charge in [-0.3, -0.25) is 9.69 Å². The van der Waals surface area contributed by atoms with Gasteiger partial charge in [-0.05, 0) is 45.2 Å². The lowest BCUT2D eigenvalue weighted by Crippen LogP contribution is -2.52. The average Bonchev–Trinajstić information content (AvgIpc) is 2.19. The average molecular weight is 214 g/mol. The number of hydrogen-bond acceptors (Lipinski definition) is 3. The van der Waals surface area contributed by atoms with Gasteiger partial charge in [0.2, 0.25) is 0 Å². The Morgan fingerprint density at radius 2 is 2.27 bits per heavy atom. The van der Waals surface area contributed by atoms with E-state index in [1.54, 1.807) is 0 Å². The molecule has 3 N–H and O–H groups in total. The summed E-state index contributed by atoms with van der Waals surface area (Å²) in [4.78, 5) is 13.2. The van der Waals surface area contributed by atoms with Gasteiger partial charge in [-0.15, -0.1) is 0 Å². The van der Waals surface area contributed by atoms with E-state index >= 15 is 0 Å². The highest BCUT2D eigenvalue weighted by atomic mass is 16.4. The summed E-state index contributed by atoms with van der Waals surface area (Å²) in [6.45, 7) is 5.64. The van der Waals surface area contributed by atoms with Crippen molar-refractivity contribution in [2.45, 2.75) is 45.2 Å². The van der Waals surface area contributed by atoms with E-state index in [-0.39, 0.29) is 0 Å². The minimum atomic E-state index is -0.735. The van der Waals surface area contributed by atoms with Crippen LogP contribution in [0.25, 0.3) is 0 Å². The minimum Gasteiger partial charge on any atom is -0.480 e. The Labute approximate surface area is 91.4 Å². The standard InChI is InChI=1S/C11H22N2O2/c1-8-4-3-7-13(9(8)2)10(5-6-12)11(14)15/h8-10H,3-7,12H2,1-2H3,(H,14,15). The number of piperidine rings is 1. The summed E-state index contributed by atoms with van der Waals surface area (Å²) in [5.74, 6) is -0.153. The Morgan fingerprint density at radius 1 is 1.60 bits per heavy atom. The van der Waals surface area contributed by atoms with Crippen LogP contribution < -0.4 is 5.73 Å². The van der Waals surface area contributed by atoms with Crippen LogP contribution in [0.2, 0.25) is 0 Å². The first-order valence-electron chi connectivity index (χ1n) is 5.76. The van der Waals surface area contributed by atoms with Gasteiger partial charge in [-0.2, -0.15) is 0 Å². The molecule has 0 aliphatic carbocycles. The molecule has 0 aromatic heterocycles. The number of nitrogens with zero attached hydrogens (tertiary/aromatic N) is 1. The van der Waals surface area contributed by atoms with Crippen molar-refractivity contribution in [1.29, 1.82) is 0 Å². The van der Waals surface area contributed by atoms with E-state index in [1.165, 1.54) is 6.42 Å². The molecule has 1 fully saturated rings. The van der Waals surface area contributed by atoms with Crippen LogP contribution in [0.4, 0.5) is 0 Å². The molecule has 0 aromatic rings. The fourth-order valence-corrected chi connectivity index (χ4v) is 2.40. The van der Waals surface area contributed by atoms with Gasteiger partial charge in [0.05, 0.1) is 0 Å². The molecule has 0 saturated carbocycles. The van der Waals surface area contributed by atoms with Crippen molar-refractivity contribution in [3.63, 3.8) is 0 Å². The molecular formula is C11H22N2O2. The van der Waals surface area contributed by atoms with E-state index in [0.717, 1.165) is 13.0 Å². The predicted octanol–water partition coefficient (Wildman–Crippen LogP) is 0.909. The Kier molecular flexibility index (Phi) is 4.54. The van der Waals surface area contributed by atoms with E-state index < -0.39 is 12.0 Å². The van der Waals surface area contributed by atoms with Crippen LogP contribution in [0.3, 0.4) is 0 Å². The van der Waals surface area contributed by atoms with Gasteiger partial charge in [-0.25, -0.2) is 0 Å². The molecule has 1 aliphatic rings. The summed E-state index contributed by atoms with van der Waals surface area (Å²) in [5, 5.41) is 9.16. The van der Waals surface area contributed by atoms with Crippen LogP contribution in [0, 0.1) is 5.92 Å². The molecule has 0 spiro atoms. The maximum Gasteiger partial charge on any atom is 0.320 e. The Bertz CT molecular complexity index is 221. The predicted molar refractivity (Wildman–Crippen MR) is 59.7 cm³/mol. The monoisotopic (exact) mass is 214 g/mol. The third-order valence-electron chi connectivity index (χ3n) is 3.55. The number of carbonyl (C=O) groups is 1. The smallest absolute Gasteiger partial charge is 0.320 e. The molecule has 1 heterocycles. The van der Waals surface area contributed by atoms with Gasteiger partial charge >= 0.3 is 5.97 Å². The van der Waals surface area contributed by atoms with Gasteiger partial charge in [0.15, 0.2) is 0 Å². The highest BCUT2D eigenvalue weighted by molar-refractivity contribution is 5.73. The minimum absolute atomic E-state index is 0.353. The first kappa shape index (κ1) is 12.5. The summed E-state index contributed by atoms with van der Waals surface area (Å²) < 4.78 is 0. The maximum absolute atomic E-state index is 11.1. The molecule has 1 rings (SSSR count). The quantitative estimate of drug-likeness (QED) is 0.730. The van der Waals surface area contributed by atoms with Gasteiger partial charge in [0.25, 0.3) is 0 Å². The fourth-order valence-electron chi connectivity index (χ4n) is 2.40. The second-order valence-corrected chi connectivity index (χ2v) is 4.53. The molecule has 0 aromatic carbocycles. The number of likely N-dealkylation sites (tertiary alicyclic amines) is 1. The number of carboxylic acids is 1. The van der Waals surface area contributed by atoms with Crippen LogP contribution in [0.15, 0.2) is 0 Å². The molecule has 0 amide bonds. The van der Waals surface area contributed by atoms with Crippen LogP contribution in [-0.2, 0) is 4.79 Å². The molecule has 88 valence electrons. The lowest BCUT2D eigenvalue weighted by Gasteiger charge is -2.41. The van der Waals surface area contributed by atoms with Crippen molar-refractivity contribution in [2.75, 3.05) is 13.1 Å². The zero-order valence-electron chi connectivity index (χ0n) is 9.65. The summed E-state index contributed by atoms with van der Waals surface area (Å²) in [7, 11) is 0. The van der Waals surface area contributed by atoms with Gasteiger partial charge < -0.3 is 10.8 Å². The molecule has 0 radical (unpaired) electrons. The molecular weight excluding hydrogens is 192 g/mol. The second-order valence-electron chi connectivity index (χ2n) is 4.53. The molecule has 1 saturated heterocycles. The Balaban J connectivity index is 2.68. The summed E-state index contributed by atoms with van der Waals surface area (Å²) in [6, 6.07) is -0.0425. The van der Waals surface area contributed by atoms with E-state index in [1.807, 2.05) is 0 Å². The molecule has 4 heteroatoms. The van der Waals surface area contributed by atoms with E-state index in [2.05, 4.69) is 18.7 Å². The number of hydrogen-bond donors (Lipinski definition) is 2. The SMILES string of the molecule is CC1CCCN(C(CCN)C(=O)O)C1C. The molecule has 3 unspecified atom stereocenters. The van der Waals surface area contributed by atoms with Gasteiger partial charge in [0, 0.05) is 6.04 Å². The third-order valence-corrected chi connectivity index (χ3v) is 3.55. The molecule has 0 bridgehead atoms. The molecule has 1 aliphatic heterocycles. The van der Waals surface area contributed by atoms with Crippen LogP contribution in [-0.4, -0.2) is 41.1 Å². The highest BCUT2D eigenvalue weighted by Crippen LogP contribution is 2.25. The van der Waals surface area contributed by atoms with Crippen molar-refractivity contribution >= 4 is 5.97 Å². The van der Waals surface area contributed by atoms with Crippen LogP contribution in [0.5, 0.6) is 0 Å². The Hall–Kier alpha value is -0.610. The topological polar surface area (TPSA) is 66.6 Å². The maximum atomic E-state index is 11.1. The largest absolute Gasteiger partial charge is 0.480 e. The first-order valence-corrected chi connectivity index (χ1v) is 5.76. The van der Waals surface area contributed by atoms with Gasteiger partial charge in [0.1, 0.15) is 6.04 Å². The van der Waals surface area contributed by atoms with Crippen LogP contribution in [0.1, 0.15) is 33.1 Å². The second kappa shape index (κ2) is 5.47. The summed E-state index contributed by atoms with van der Waals surface area (Å²) in [5.41, 5.74) is 5.46. The van der Waals surface area contributed by atoms with E-state index in [4.69, 9.17) is 10.8 Å². The number of nitrogens with two attached hydrogens (primary N) is 1. The number of rotatable bonds is 4. The fraction of sp³-hybridized carbons (Fsp3) is 0.909. The lowest BCUT2D eigenvalue weighted by atomic mass is 9.90. The van der Waals surface area contributed by atoms with Crippen molar-refractivity contribution in [1.82, 2.24) is 4.90 Å². The summed E-state index contributed by atoms with van der Waals surface area (Å²) >= 11 is 0. The number of aliphatic carboxylic acids is 1. The third kappa shape index (κ3) is 2.92. The summed E-state index contributed by atoms with van der Waals surface area (Å²) in [6.07, 6.45) is 2.85. The van der Waals surface area contributed by atoms with Crippen LogP contribution >= 0.6 is 0 Å². The van der Waals surface area contributed by atoms with E-state index in [0.29, 0.717) is 24.9 Å². The normalized spacial score (nSPS) is 30.1. The zero-order chi connectivity index (χ0) is 11.4. The van der Waals surface area contributed by atoms with Crippen molar-refractivity contribution < 1.29 is 9.90 Å². The van der Waals surface area contributed by atoms with Crippen molar-refractivity contribution in [3.8, 4) is 0 Å². The van der Waals surface area contributed by atoms with Gasteiger partial charge in [-0.1, -0.05) is 6.92 Å². The lowest BCUT2D eigenvalue weighted by molar-refractivity contribution is -0.145. The molecule has 4 nitrogen and oxygen atoms in total. The molecule has 15 heavy (non-hydrogen) atoms. The number of carboxylic acid groups (broad SMARTS) is 1. The highest BCUT2D eigenvalue weighted by Gasteiger charge is 2.33. The first-order chi connectivity index (χ1) is 7.07. The molecule has 3 atom stereocenters. The zero-order valence-corrected chi connectivity index (χ0v) is 9.65. The van der Waals surface area contributed by atoms with Crippen molar-refractivity contribution in [2.24, 2.45) is 11.7 Å². The Morgan fingerprint density at radius 3 is 2.80 bits per heavy atom. The van der Waals surface area contributed by atoms with Crippen molar-refractivity contribution in [3.05, 3.63) is 0 Å². The van der Waals surface area contributed by atoms with E-state index in [9.17, 15) is 4.79 Å².